The fourth-order valence-electron chi connectivity index (χ4n) is 5.74. The van der Waals surface area contributed by atoms with Crippen LogP contribution in [0, 0.1) is 11.8 Å². The smallest absolute Gasteiger partial charge is 0.244 e. The summed E-state index contributed by atoms with van der Waals surface area (Å²) in [7, 11) is 2.60. The highest BCUT2D eigenvalue weighted by atomic mass is 33.1. The molecule has 3 rings (SSSR count). The summed E-state index contributed by atoms with van der Waals surface area (Å²) in [5, 5.41) is 28.7. The summed E-state index contributed by atoms with van der Waals surface area (Å²) in [6.07, 6.45) is 1.61. The second-order valence-corrected chi connectivity index (χ2v) is 16.7. The third-order valence-corrected chi connectivity index (χ3v) is 11.0. The van der Waals surface area contributed by atoms with Crippen LogP contribution in [0.4, 0.5) is 0 Å². The molecule has 16 nitrogen and oxygen atoms in total. The van der Waals surface area contributed by atoms with Crippen LogP contribution in [0.1, 0.15) is 65.4 Å². The van der Waals surface area contributed by atoms with Crippen LogP contribution in [0.15, 0.2) is 24.3 Å². The van der Waals surface area contributed by atoms with Gasteiger partial charge in [-0.25, -0.2) is 0 Å². The molecule has 0 saturated carbocycles. The molecular weight excluding hydrogens is 725 g/mol. The number of hydrogen-bond acceptors (Lipinski definition) is 11. The van der Waals surface area contributed by atoms with E-state index >= 15 is 0 Å². The fraction of sp³-hybridized carbons (Fsp3) is 0.629. The number of fused-ring (bicyclic) bond motifs is 3. The zero-order valence-corrected chi connectivity index (χ0v) is 32.3. The topological polar surface area (TPSA) is 250 Å². The maximum Gasteiger partial charge on any atom is 0.244 e. The average molecular weight is 779 g/mol. The minimum atomic E-state index is -1.22. The first kappa shape index (κ1) is 43.4. The van der Waals surface area contributed by atoms with Crippen molar-refractivity contribution in [3.63, 3.8) is 0 Å². The van der Waals surface area contributed by atoms with E-state index in [1.807, 2.05) is 27.7 Å². The van der Waals surface area contributed by atoms with Crippen LogP contribution in [0.3, 0.4) is 0 Å². The van der Waals surface area contributed by atoms with Gasteiger partial charge in [0.05, 0.1) is 6.54 Å². The van der Waals surface area contributed by atoms with Gasteiger partial charge in [-0.2, -0.15) is 0 Å². The van der Waals surface area contributed by atoms with Gasteiger partial charge in [0.1, 0.15) is 42.0 Å². The van der Waals surface area contributed by atoms with Gasteiger partial charge >= 0.3 is 0 Å². The molecule has 2 bridgehead atoms. The standard InChI is InChI=1S/C35H54N8O8S2/c1-19(2)13-24-30(46)37-16-29(45)38-27-17-52-53-18-28(43-34(27)50)35(51)41-25(14-20(3)4)32(48)42-26(15-21-8-10-22(44)11-9-21)33(49)39-23(31(47)40-24)7-5-6-12-36/h8-11,19-20,23-28,44H,5-7,12-18,36H2,1-4H3,(H,37,46)(H,38,45)(H,39,49)(H,40,47)(H,41,51)(H,42,48)(H,43,50)/t23-,24-,25-,26-,27-,28-/m0/s1. The molecule has 0 unspecified atom stereocenters. The Hall–Kier alpha value is -4.03. The maximum atomic E-state index is 14.1. The largest absolute Gasteiger partial charge is 0.508 e. The van der Waals surface area contributed by atoms with Gasteiger partial charge in [0, 0.05) is 17.9 Å². The Kier molecular flexibility index (Phi) is 17.7. The average Bonchev–Trinajstić information content (AvgIpc) is 3.09. The molecule has 18 heteroatoms. The Bertz CT molecular complexity index is 1450. The van der Waals surface area contributed by atoms with E-state index < -0.39 is 84.1 Å². The Morgan fingerprint density at radius 1 is 0.642 bits per heavy atom. The van der Waals surface area contributed by atoms with Gasteiger partial charge in [0.2, 0.25) is 41.4 Å². The van der Waals surface area contributed by atoms with Gasteiger partial charge < -0.3 is 48.1 Å². The van der Waals surface area contributed by atoms with Crippen LogP contribution in [0.25, 0.3) is 0 Å². The predicted octanol–water partition coefficient (Wildman–Crippen LogP) is -0.410. The van der Waals surface area contributed by atoms with E-state index in [1.54, 1.807) is 12.1 Å². The zero-order valence-electron chi connectivity index (χ0n) is 30.7. The van der Waals surface area contributed by atoms with Crippen molar-refractivity contribution in [2.45, 2.75) is 102 Å². The molecule has 6 atom stereocenters. The van der Waals surface area contributed by atoms with Crippen LogP contribution in [0.5, 0.6) is 5.75 Å². The number of rotatable bonds is 10. The summed E-state index contributed by atoms with van der Waals surface area (Å²) in [5.74, 6) is -4.19. The number of nitrogens with two attached hydrogens (primary N) is 1. The van der Waals surface area contributed by atoms with Gasteiger partial charge in [-0.3, -0.25) is 33.6 Å². The van der Waals surface area contributed by atoms with E-state index in [0.717, 1.165) is 0 Å². The van der Waals surface area contributed by atoms with Crippen molar-refractivity contribution in [1.29, 1.82) is 0 Å². The number of phenols is 1. The van der Waals surface area contributed by atoms with Gasteiger partial charge in [-0.05, 0) is 68.2 Å². The van der Waals surface area contributed by atoms with Gasteiger partial charge in [0.25, 0.3) is 0 Å². The fourth-order valence-corrected chi connectivity index (χ4v) is 8.07. The third kappa shape index (κ3) is 14.7. The highest BCUT2D eigenvalue weighted by Crippen LogP contribution is 2.25. The summed E-state index contributed by atoms with van der Waals surface area (Å²) in [4.78, 5) is 94.9. The van der Waals surface area contributed by atoms with Crippen LogP contribution in [-0.2, 0) is 40.0 Å². The zero-order chi connectivity index (χ0) is 39.1. The van der Waals surface area contributed by atoms with Gasteiger partial charge in [0.15, 0.2) is 0 Å². The number of nitrogens with one attached hydrogen (secondary N) is 7. The molecule has 2 saturated heterocycles. The summed E-state index contributed by atoms with van der Waals surface area (Å²) < 4.78 is 0. The summed E-state index contributed by atoms with van der Waals surface area (Å²) >= 11 is 0. The second kappa shape index (κ2) is 21.6. The lowest BCUT2D eigenvalue weighted by atomic mass is 9.99. The molecule has 10 N–H and O–H groups in total. The molecule has 2 fully saturated rings. The SMILES string of the molecule is CC(C)C[C@@H]1NC(=O)[C@H](CCCCN)NC(=O)[C@H](Cc2ccc(O)cc2)NC(=O)[C@H](CC(C)C)NC(=O)[C@@H]2CSSC[C@H](NC(=O)CNC1=O)C(=O)N2. The van der Waals surface area contributed by atoms with E-state index in [-0.39, 0.29) is 54.8 Å². The van der Waals surface area contributed by atoms with Crippen LogP contribution < -0.4 is 43.0 Å². The number of aromatic hydroxyl groups is 1. The molecule has 2 aliphatic heterocycles. The molecular formula is C35H54N8O8S2. The van der Waals surface area contributed by atoms with Gasteiger partial charge in [-0.15, -0.1) is 0 Å². The summed E-state index contributed by atoms with van der Waals surface area (Å²) in [5.41, 5.74) is 6.31. The highest BCUT2D eigenvalue weighted by molar-refractivity contribution is 8.76. The van der Waals surface area contributed by atoms with Crippen LogP contribution >= 0.6 is 21.6 Å². The molecule has 0 spiro atoms. The monoisotopic (exact) mass is 778 g/mol. The molecule has 0 aromatic heterocycles. The molecule has 7 amide bonds. The summed E-state index contributed by atoms with van der Waals surface area (Å²) in [6.45, 7) is 7.35. The number of unbranched alkanes of at least 4 members (excludes halogenated alkanes) is 1. The molecule has 2 aliphatic rings. The van der Waals surface area contributed by atoms with Crippen molar-refractivity contribution in [1.82, 2.24) is 37.2 Å². The van der Waals surface area contributed by atoms with Crippen LogP contribution in [0.2, 0.25) is 0 Å². The molecule has 1 aromatic rings. The maximum absolute atomic E-state index is 14.1. The van der Waals surface area contributed by atoms with Crippen molar-refractivity contribution in [2.24, 2.45) is 17.6 Å². The van der Waals surface area contributed by atoms with Gasteiger partial charge in [-0.1, -0.05) is 61.4 Å². The van der Waals surface area contributed by atoms with E-state index in [4.69, 9.17) is 5.73 Å². The van der Waals surface area contributed by atoms with Crippen molar-refractivity contribution in [3.05, 3.63) is 29.8 Å². The first-order valence-electron chi connectivity index (χ1n) is 18.0. The van der Waals surface area contributed by atoms with Crippen molar-refractivity contribution in [3.8, 4) is 5.75 Å². The minimum absolute atomic E-state index is 0.00910. The molecule has 53 heavy (non-hydrogen) atoms. The Morgan fingerprint density at radius 2 is 1.13 bits per heavy atom. The molecule has 0 aliphatic carbocycles. The number of carbonyl (C=O) groups excluding carboxylic acids is 7. The molecule has 0 radical (unpaired) electrons. The van der Waals surface area contributed by atoms with E-state index in [1.165, 1.54) is 33.7 Å². The van der Waals surface area contributed by atoms with E-state index in [2.05, 4.69) is 37.2 Å². The van der Waals surface area contributed by atoms with E-state index in [0.29, 0.717) is 24.9 Å². The lowest BCUT2D eigenvalue weighted by Crippen LogP contribution is -2.60. The second-order valence-electron chi connectivity index (χ2n) is 14.1. The third-order valence-electron chi connectivity index (χ3n) is 8.53. The normalized spacial score (nSPS) is 25.8. The number of amides is 7. The molecule has 1 aromatic carbocycles. The van der Waals surface area contributed by atoms with Crippen molar-refractivity contribution >= 4 is 62.9 Å². The van der Waals surface area contributed by atoms with Crippen molar-refractivity contribution in [2.75, 3.05) is 24.6 Å². The molecule has 294 valence electrons. The number of hydrogen-bond donors (Lipinski definition) is 9. The lowest BCUT2D eigenvalue weighted by molar-refractivity contribution is -0.135. The predicted molar refractivity (Wildman–Crippen MR) is 203 cm³/mol. The van der Waals surface area contributed by atoms with Crippen LogP contribution in [-0.4, -0.2) is 107 Å². The Labute approximate surface area is 318 Å². The number of carbonyl (C=O) groups is 7. The lowest BCUT2D eigenvalue weighted by Gasteiger charge is -2.28. The van der Waals surface area contributed by atoms with Crippen molar-refractivity contribution < 1.29 is 38.7 Å². The highest BCUT2D eigenvalue weighted by Gasteiger charge is 2.35. The first-order valence-corrected chi connectivity index (χ1v) is 20.5. The molecule has 2 heterocycles. The number of benzene rings is 1. The number of phenolic OH excluding ortho intramolecular Hbond substituents is 1. The summed E-state index contributed by atoms with van der Waals surface area (Å²) in [6, 6.07) is -0.471. The Balaban J connectivity index is 2.04. The quantitative estimate of drug-likeness (QED) is 0.109. The van der Waals surface area contributed by atoms with E-state index in [9.17, 15) is 38.7 Å². The first-order chi connectivity index (χ1) is 25.2. The Morgan fingerprint density at radius 3 is 1.74 bits per heavy atom. The minimum Gasteiger partial charge on any atom is -0.508 e.